The maximum absolute atomic E-state index is 11.6. The van der Waals surface area contributed by atoms with E-state index >= 15 is 0 Å². The highest BCUT2D eigenvalue weighted by atomic mass is 35.5. The topological polar surface area (TPSA) is 58.2 Å². The van der Waals surface area contributed by atoms with E-state index in [0.717, 1.165) is 0 Å². The van der Waals surface area contributed by atoms with Crippen LogP contribution >= 0.6 is 11.6 Å². The van der Waals surface area contributed by atoms with Crippen LogP contribution in [-0.2, 0) is 4.79 Å². The Kier molecular flexibility index (Phi) is 5.49. The first-order valence-electron chi connectivity index (χ1n) is 5.36. The van der Waals surface area contributed by atoms with Gasteiger partial charge < -0.3 is 10.6 Å². The molecule has 0 radical (unpaired) electrons. The van der Waals surface area contributed by atoms with Crippen LogP contribution in [0.5, 0.6) is 0 Å². The van der Waals surface area contributed by atoms with Gasteiger partial charge in [-0.15, -0.1) is 11.6 Å². The van der Waals surface area contributed by atoms with Crippen molar-refractivity contribution >= 4 is 23.4 Å². The quantitative estimate of drug-likeness (QED) is 0.612. The van der Waals surface area contributed by atoms with Gasteiger partial charge in [0.05, 0.1) is 0 Å². The van der Waals surface area contributed by atoms with Crippen LogP contribution in [0, 0.1) is 0 Å². The third-order valence-corrected chi connectivity index (χ3v) is 2.31. The van der Waals surface area contributed by atoms with Crippen LogP contribution in [0.1, 0.15) is 17.3 Å². The smallest absolute Gasteiger partial charge is 0.251 e. The second-order valence-corrected chi connectivity index (χ2v) is 4.18. The third-order valence-electron chi connectivity index (χ3n) is 2.11. The number of hydrogen-bond acceptors (Lipinski definition) is 2. The summed E-state index contributed by atoms with van der Waals surface area (Å²) in [6, 6.07) is 8.90. The summed E-state index contributed by atoms with van der Waals surface area (Å²) >= 11 is 5.57. The molecule has 4 nitrogen and oxygen atoms in total. The first kappa shape index (κ1) is 13.5. The number of amides is 2. The summed E-state index contributed by atoms with van der Waals surface area (Å²) in [5.74, 6) is -0.389. The highest BCUT2D eigenvalue weighted by molar-refractivity contribution is 6.30. The van der Waals surface area contributed by atoms with Crippen molar-refractivity contribution in [2.24, 2.45) is 0 Å². The fraction of sp³-hybridized carbons (Fsp3) is 0.333. The van der Waals surface area contributed by atoms with E-state index in [9.17, 15) is 9.59 Å². The van der Waals surface area contributed by atoms with Gasteiger partial charge in [0.15, 0.2) is 0 Å². The SMILES string of the molecule is CC(Cl)C(=O)NCCNC(=O)c1ccccc1. The van der Waals surface area contributed by atoms with Crippen molar-refractivity contribution in [1.82, 2.24) is 10.6 Å². The lowest BCUT2D eigenvalue weighted by atomic mass is 10.2. The number of carbonyl (C=O) groups is 2. The number of halogens is 1. The van der Waals surface area contributed by atoms with Gasteiger partial charge >= 0.3 is 0 Å². The molecule has 17 heavy (non-hydrogen) atoms. The Morgan fingerprint density at radius 1 is 1.18 bits per heavy atom. The molecule has 1 aromatic carbocycles. The average Bonchev–Trinajstić information content (AvgIpc) is 2.35. The van der Waals surface area contributed by atoms with E-state index in [1.54, 1.807) is 31.2 Å². The van der Waals surface area contributed by atoms with Gasteiger partial charge in [-0.05, 0) is 19.1 Å². The van der Waals surface area contributed by atoms with E-state index in [1.807, 2.05) is 6.07 Å². The van der Waals surface area contributed by atoms with Crippen LogP contribution < -0.4 is 10.6 Å². The Labute approximate surface area is 105 Å². The van der Waals surface area contributed by atoms with E-state index in [2.05, 4.69) is 10.6 Å². The molecule has 1 aromatic rings. The number of nitrogens with one attached hydrogen (secondary N) is 2. The van der Waals surface area contributed by atoms with Crippen LogP contribution in [0.15, 0.2) is 30.3 Å². The Bertz CT molecular complexity index is 379. The zero-order valence-electron chi connectivity index (χ0n) is 9.57. The van der Waals surface area contributed by atoms with E-state index in [1.165, 1.54) is 0 Å². The van der Waals surface area contributed by atoms with Crippen molar-refractivity contribution in [2.75, 3.05) is 13.1 Å². The molecular weight excluding hydrogens is 240 g/mol. The molecule has 92 valence electrons. The highest BCUT2D eigenvalue weighted by Gasteiger charge is 2.08. The molecule has 0 bridgehead atoms. The molecule has 0 spiro atoms. The van der Waals surface area contributed by atoms with Gasteiger partial charge in [0.25, 0.3) is 5.91 Å². The Balaban J connectivity index is 2.24. The van der Waals surface area contributed by atoms with E-state index in [4.69, 9.17) is 11.6 Å². The number of carbonyl (C=O) groups excluding carboxylic acids is 2. The fourth-order valence-corrected chi connectivity index (χ4v) is 1.27. The Hall–Kier alpha value is -1.55. The van der Waals surface area contributed by atoms with Crippen LogP contribution in [0.3, 0.4) is 0 Å². The molecular formula is C12H15ClN2O2. The van der Waals surface area contributed by atoms with Crippen molar-refractivity contribution in [3.8, 4) is 0 Å². The van der Waals surface area contributed by atoms with Crippen molar-refractivity contribution in [3.63, 3.8) is 0 Å². The number of alkyl halides is 1. The molecule has 1 atom stereocenters. The summed E-state index contributed by atoms with van der Waals surface area (Å²) in [5.41, 5.74) is 0.601. The van der Waals surface area contributed by atoms with Crippen molar-refractivity contribution in [3.05, 3.63) is 35.9 Å². The molecule has 1 unspecified atom stereocenters. The molecule has 2 N–H and O–H groups in total. The molecule has 0 aliphatic carbocycles. The van der Waals surface area contributed by atoms with Gasteiger partial charge in [0.1, 0.15) is 5.38 Å². The molecule has 0 aliphatic heterocycles. The van der Waals surface area contributed by atoms with Crippen molar-refractivity contribution < 1.29 is 9.59 Å². The van der Waals surface area contributed by atoms with Crippen LogP contribution in [0.25, 0.3) is 0 Å². The van der Waals surface area contributed by atoms with Gasteiger partial charge in [-0.3, -0.25) is 9.59 Å². The maximum atomic E-state index is 11.6. The fourth-order valence-electron chi connectivity index (χ4n) is 1.19. The summed E-state index contributed by atoms with van der Waals surface area (Å²) in [6.07, 6.45) is 0. The number of rotatable bonds is 5. The minimum absolute atomic E-state index is 0.154. The van der Waals surface area contributed by atoms with Crippen molar-refractivity contribution in [1.29, 1.82) is 0 Å². The Morgan fingerprint density at radius 2 is 1.76 bits per heavy atom. The molecule has 0 saturated heterocycles. The standard InChI is InChI=1S/C12H15ClN2O2/c1-9(13)11(16)14-7-8-15-12(17)10-5-3-2-4-6-10/h2-6,9H,7-8H2,1H3,(H,14,16)(H,15,17). The third kappa shape index (κ3) is 4.87. The molecule has 0 heterocycles. The molecule has 0 aromatic heterocycles. The van der Waals surface area contributed by atoms with Gasteiger partial charge in [-0.25, -0.2) is 0 Å². The summed E-state index contributed by atoms with van der Waals surface area (Å²) in [4.78, 5) is 22.7. The molecule has 5 heteroatoms. The molecule has 1 rings (SSSR count). The molecule has 0 fully saturated rings. The molecule has 0 aliphatic rings. The van der Waals surface area contributed by atoms with Crippen LogP contribution in [0.4, 0.5) is 0 Å². The zero-order valence-corrected chi connectivity index (χ0v) is 10.3. The lowest BCUT2D eigenvalue weighted by molar-refractivity contribution is -0.120. The second kappa shape index (κ2) is 6.91. The summed E-state index contributed by atoms with van der Waals surface area (Å²) < 4.78 is 0. The van der Waals surface area contributed by atoms with Gasteiger partial charge in [-0.1, -0.05) is 18.2 Å². The summed E-state index contributed by atoms with van der Waals surface area (Å²) in [6.45, 7) is 2.34. The average molecular weight is 255 g/mol. The lowest BCUT2D eigenvalue weighted by Gasteiger charge is -2.07. The number of benzene rings is 1. The highest BCUT2D eigenvalue weighted by Crippen LogP contribution is 1.97. The van der Waals surface area contributed by atoms with Gasteiger partial charge in [0.2, 0.25) is 5.91 Å². The van der Waals surface area contributed by atoms with Gasteiger partial charge in [-0.2, -0.15) is 0 Å². The van der Waals surface area contributed by atoms with E-state index in [-0.39, 0.29) is 11.8 Å². The van der Waals surface area contributed by atoms with E-state index in [0.29, 0.717) is 18.7 Å². The maximum Gasteiger partial charge on any atom is 0.251 e. The lowest BCUT2D eigenvalue weighted by Crippen LogP contribution is -2.37. The Morgan fingerprint density at radius 3 is 2.35 bits per heavy atom. The van der Waals surface area contributed by atoms with E-state index < -0.39 is 5.38 Å². The van der Waals surface area contributed by atoms with Crippen LogP contribution in [-0.4, -0.2) is 30.3 Å². The normalized spacial score (nSPS) is 11.6. The first-order valence-corrected chi connectivity index (χ1v) is 5.80. The molecule has 0 saturated carbocycles. The molecule has 2 amide bonds. The predicted molar refractivity (Wildman–Crippen MR) is 67.1 cm³/mol. The first-order chi connectivity index (χ1) is 8.11. The summed E-state index contributed by atoms with van der Waals surface area (Å²) in [5, 5.41) is 4.74. The van der Waals surface area contributed by atoms with Gasteiger partial charge in [0, 0.05) is 18.7 Å². The minimum Gasteiger partial charge on any atom is -0.353 e. The zero-order chi connectivity index (χ0) is 12.7. The number of hydrogen-bond donors (Lipinski definition) is 2. The monoisotopic (exact) mass is 254 g/mol. The van der Waals surface area contributed by atoms with Crippen LogP contribution in [0.2, 0.25) is 0 Å². The van der Waals surface area contributed by atoms with Crippen molar-refractivity contribution in [2.45, 2.75) is 12.3 Å². The second-order valence-electron chi connectivity index (χ2n) is 3.53. The largest absolute Gasteiger partial charge is 0.353 e. The predicted octanol–water partition coefficient (Wildman–Crippen LogP) is 1.16. The minimum atomic E-state index is -0.556. The summed E-state index contributed by atoms with van der Waals surface area (Å²) in [7, 11) is 0.